The van der Waals surface area contributed by atoms with Gasteiger partial charge in [0.15, 0.2) is 0 Å². The van der Waals surface area contributed by atoms with E-state index in [0.717, 1.165) is 0 Å². The van der Waals surface area contributed by atoms with Crippen LogP contribution in [0.15, 0.2) is 10.8 Å². The van der Waals surface area contributed by atoms with Gasteiger partial charge in [-0.25, -0.2) is 9.97 Å². The van der Waals surface area contributed by atoms with Gasteiger partial charge in [-0.2, -0.15) is 4.39 Å². The van der Waals surface area contributed by atoms with Crippen molar-refractivity contribution in [3.05, 3.63) is 22.4 Å². The van der Waals surface area contributed by atoms with Crippen molar-refractivity contribution in [2.75, 3.05) is 0 Å². The van der Waals surface area contributed by atoms with Crippen molar-refractivity contribution in [3.8, 4) is 0 Å². The van der Waals surface area contributed by atoms with Crippen LogP contribution in [0.3, 0.4) is 0 Å². The molecule has 0 radical (unpaired) electrons. The fourth-order valence-corrected chi connectivity index (χ4v) is 0.634. The van der Waals surface area contributed by atoms with Crippen LogP contribution in [0.4, 0.5) is 4.39 Å². The summed E-state index contributed by atoms with van der Waals surface area (Å²) in [7, 11) is 0. The second-order valence-electron chi connectivity index (χ2n) is 2.27. The minimum Gasteiger partial charge on any atom is -0.240 e. The van der Waals surface area contributed by atoms with E-state index in [4.69, 9.17) is 0 Å². The highest BCUT2D eigenvalue weighted by Gasteiger charge is 2.01. The second-order valence-corrected chi connectivity index (χ2v) is 3.06. The van der Waals surface area contributed by atoms with E-state index >= 15 is 0 Å². The van der Waals surface area contributed by atoms with Gasteiger partial charge in [0.25, 0.3) is 0 Å². The molecule has 0 saturated heterocycles. The van der Waals surface area contributed by atoms with Gasteiger partial charge in [0.05, 0.1) is 10.2 Å². The van der Waals surface area contributed by atoms with Crippen molar-refractivity contribution in [2.45, 2.75) is 27.2 Å². The molecule has 0 atom stereocenters. The molecule has 0 aliphatic rings. The summed E-state index contributed by atoms with van der Waals surface area (Å²) in [6, 6.07) is 0. The van der Waals surface area contributed by atoms with Crippen molar-refractivity contribution >= 4 is 15.9 Å². The number of aryl methyl sites for hydroxylation is 1. The van der Waals surface area contributed by atoms with Gasteiger partial charge in [-0.1, -0.05) is 20.3 Å². The van der Waals surface area contributed by atoms with Crippen LogP contribution in [0.1, 0.15) is 26.0 Å². The molecule has 1 heterocycles. The maximum Gasteiger partial charge on any atom is 0.230 e. The molecule has 0 amide bonds. The highest BCUT2D eigenvalue weighted by atomic mass is 79.9. The molecule has 0 bridgehead atoms. The molecule has 0 saturated carbocycles. The molecular weight excluding hydrogens is 223 g/mol. The van der Waals surface area contributed by atoms with E-state index in [9.17, 15) is 4.39 Å². The summed E-state index contributed by atoms with van der Waals surface area (Å²) >= 11 is 2.98. The van der Waals surface area contributed by atoms with E-state index < -0.39 is 5.95 Å². The molecule has 0 aliphatic carbocycles. The molecule has 0 fully saturated rings. The van der Waals surface area contributed by atoms with Crippen LogP contribution in [-0.4, -0.2) is 9.97 Å². The van der Waals surface area contributed by atoms with Gasteiger partial charge in [-0.3, -0.25) is 0 Å². The average molecular weight is 235 g/mol. The van der Waals surface area contributed by atoms with Gasteiger partial charge in [-0.15, -0.1) is 0 Å². The largest absolute Gasteiger partial charge is 0.240 e. The van der Waals surface area contributed by atoms with Gasteiger partial charge in [0.2, 0.25) is 5.95 Å². The third-order valence-corrected chi connectivity index (χ3v) is 1.82. The Labute approximate surface area is 80.4 Å². The fourth-order valence-electron chi connectivity index (χ4n) is 0.429. The molecular formula is C8H12BrFN2. The first-order chi connectivity index (χ1) is 5.63. The summed E-state index contributed by atoms with van der Waals surface area (Å²) in [5.41, 5.74) is 0.613. The first-order valence-electron chi connectivity index (χ1n) is 3.76. The predicted octanol–water partition coefficient (Wildman–Crippen LogP) is 3.10. The maximum absolute atomic E-state index is 12.4. The molecule has 68 valence electrons. The molecule has 0 aliphatic heterocycles. The molecule has 1 aromatic heterocycles. The Hall–Kier alpha value is -0.510. The molecule has 1 aromatic rings. The monoisotopic (exact) mass is 234 g/mol. The number of hydrogen-bond donors (Lipinski definition) is 0. The summed E-state index contributed by atoms with van der Waals surface area (Å²) in [6.07, 6.45) is 2.44. The zero-order chi connectivity index (χ0) is 9.56. The Balaban J connectivity index is 0.000000354. The summed E-state index contributed by atoms with van der Waals surface area (Å²) in [4.78, 5) is 7.06. The van der Waals surface area contributed by atoms with E-state index in [1.165, 1.54) is 12.7 Å². The predicted molar refractivity (Wildman–Crippen MR) is 50.4 cm³/mol. The van der Waals surface area contributed by atoms with Crippen molar-refractivity contribution in [3.63, 3.8) is 0 Å². The fraction of sp³-hybridized carbons (Fsp3) is 0.500. The van der Waals surface area contributed by atoms with Crippen LogP contribution in [0.25, 0.3) is 0 Å². The van der Waals surface area contributed by atoms with Gasteiger partial charge in [0, 0.05) is 0 Å². The minimum absolute atomic E-state index is 0.338. The molecule has 1 rings (SSSR count). The summed E-state index contributed by atoms with van der Waals surface area (Å²) in [5, 5.41) is 0. The topological polar surface area (TPSA) is 25.8 Å². The standard InChI is InChI=1S/C5H4BrFN2.C3H8/c1-3-4(6)5(7)9-2-8-3;1-3-2/h2H,1H3;3H2,1-2H3. The lowest BCUT2D eigenvalue weighted by molar-refractivity contribution is 0.569. The number of hydrogen-bond acceptors (Lipinski definition) is 2. The van der Waals surface area contributed by atoms with Crippen molar-refractivity contribution in [1.82, 2.24) is 9.97 Å². The Bertz CT molecular complexity index is 220. The number of nitrogens with zero attached hydrogens (tertiary/aromatic N) is 2. The van der Waals surface area contributed by atoms with Crippen LogP contribution in [-0.2, 0) is 0 Å². The van der Waals surface area contributed by atoms with Gasteiger partial charge in [0.1, 0.15) is 6.33 Å². The third kappa shape index (κ3) is 3.76. The number of aromatic nitrogens is 2. The molecule has 2 nitrogen and oxygen atoms in total. The SMILES string of the molecule is CCC.Cc1ncnc(F)c1Br. The molecule has 4 heteroatoms. The van der Waals surface area contributed by atoms with Crippen molar-refractivity contribution in [2.24, 2.45) is 0 Å². The molecule has 0 unspecified atom stereocenters. The minimum atomic E-state index is -0.512. The third-order valence-electron chi connectivity index (χ3n) is 0.921. The van der Waals surface area contributed by atoms with Crippen LogP contribution in [0.5, 0.6) is 0 Å². The van der Waals surface area contributed by atoms with E-state index in [-0.39, 0.29) is 0 Å². The number of rotatable bonds is 0. The quantitative estimate of drug-likeness (QED) is 0.645. The van der Waals surface area contributed by atoms with Gasteiger partial charge < -0.3 is 0 Å². The first kappa shape index (κ1) is 11.5. The van der Waals surface area contributed by atoms with E-state index in [1.54, 1.807) is 6.92 Å². The molecule has 0 N–H and O–H groups in total. The highest BCUT2D eigenvalue weighted by Crippen LogP contribution is 2.14. The molecule has 12 heavy (non-hydrogen) atoms. The van der Waals surface area contributed by atoms with Crippen molar-refractivity contribution < 1.29 is 4.39 Å². The summed E-state index contributed by atoms with van der Waals surface area (Å²) in [5.74, 6) is -0.512. The Morgan fingerprint density at radius 2 is 1.92 bits per heavy atom. The molecule has 0 spiro atoms. The van der Waals surface area contributed by atoms with Crippen LogP contribution >= 0.6 is 15.9 Å². The normalized spacial score (nSPS) is 8.75. The Morgan fingerprint density at radius 1 is 1.42 bits per heavy atom. The van der Waals surface area contributed by atoms with Crippen LogP contribution in [0.2, 0.25) is 0 Å². The summed E-state index contributed by atoms with van der Waals surface area (Å²) in [6.45, 7) is 5.95. The van der Waals surface area contributed by atoms with Gasteiger partial charge in [-0.05, 0) is 22.9 Å². The Morgan fingerprint density at radius 3 is 2.25 bits per heavy atom. The summed E-state index contributed by atoms with van der Waals surface area (Å²) < 4.78 is 12.7. The van der Waals surface area contributed by atoms with E-state index in [0.29, 0.717) is 10.2 Å². The highest BCUT2D eigenvalue weighted by molar-refractivity contribution is 9.10. The Kier molecular flexibility index (Phi) is 5.80. The zero-order valence-corrected chi connectivity index (χ0v) is 9.02. The average Bonchev–Trinajstić information content (AvgIpc) is 2.02. The smallest absolute Gasteiger partial charge is 0.230 e. The van der Waals surface area contributed by atoms with E-state index in [2.05, 4.69) is 39.7 Å². The lowest BCUT2D eigenvalue weighted by Crippen LogP contribution is -1.89. The van der Waals surface area contributed by atoms with Crippen molar-refractivity contribution in [1.29, 1.82) is 0 Å². The molecule has 0 aromatic carbocycles. The zero-order valence-electron chi connectivity index (χ0n) is 7.43. The lowest BCUT2D eigenvalue weighted by Gasteiger charge is -1.93. The first-order valence-corrected chi connectivity index (χ1v) is 4.55. The van der Waals surface area contributed by atoms with E-state index in [1.807, 2.05) is 0 Å². The lowest BCUT2D eigenvalue weighted by atomic mass is 10.5. The van der Waals surface area contributed by atoms with Crippen LogP contribution in [0, 0.1) is 12.9 Å². The maximum atomic E-state index is 12.4. The van der Waals surface area contributed by atoms with Gasteiger partial charge >= 0.3 is 0 Å². The van der Waals surface area contributed by atoms with Crippen LogP contribution < -0.4 is 0 Å². The number of halogens is 2. The second kappa shape index (κ2) is 6.06.